The number of thiol groups is 8. The molecule has 0 saturated carbocycles. The molecular weight excluding hydrogens is 461 g/mol. The molecule has 0 aliphatic rings. The Kier molecular flexibility index (Phi) is 18.4. The van der Waals surface area contributed by atoms with E-state index in [1.807, 2.05) is 0 Å². The Labute approximate surface area is 200 Å². The predicted octanol–water partition coefficient (Wildman–Crippen LogP) is 6.01. The highest BCUT2D eigenvalue weighted by atomic mass is 32.1. The average molecular weight is 497 g/mol. The molecule has 25 heavy (non-hydrogen) atoms. The largest absolute Gasteiger partial charge is 0.179 e. The van der Waals surface area contributed by atoms with E-state index in [-0.39, 0.29) is 5.41 Å². The fourth-order valence-corrected chi connectivity index (χ4v) is 7.63. The smallest absolute Gasteiger partial charge is 0.00298 e. The van der Waals surface area contributed by atoms with Gasteiger partial charge in [-0.2, -0.15) is 101 Å². The van der Waals surface area contributed by atoms with Gasteiger partial charge in [-0.3, -0.25) is 0 Å². The Balaban J connectivity index is 5.39. The summed E-state index contributed by atoms with van der Waals surface area (Å²) in [5.74, 6) is 3.47. The van der Waals surface area contributed by atoms with Crippen LogP contribution in [0.5, 0.6) is 0 Å². The molecule has 4 unspecified atom stereocenters. The van der Waals surface area contributed by atoms with Gasteiger partial charge in [-0.25, -0.2) is 0 Å². The first-order valence-corrected chi connectivity index (χ1v) is 13.6. The second-order valence-corrected chi connectivity index (χ2v) is 11.7. The van der Waals surface area contributed by atoms with Crippen LogP contribution in [0.4, 0.5) is 0 Å². The van der Waals surface area contributed by atoms with Gasteiger partial charge < -0.3 is 0 Å². The van der Waals surface area contributed by atoms with E-state index in [0.717, 1.165) is 74.4 Å². The maximum absolute atomic E-state index is 4.86. The van der Waals surface area contributed by atoms with Gasteiger partial charge in [0, 0.05) is 21.0 Å². The molecule has 0 amide bonds. The molecule has 0 bridgehead atoms. The van der Waals surface area contributed by atoms with Crippen molar-refractivity contribution < 1.29 is 0 Å². The third-order valence-electron chi connectivity index (χ3n) is 4.52. The van der Waals surface area contributed by atoms with Gasteiger partial charge in [0.2, 0.25) is 0 Å². The molecule has 0 aromatic heterocycles. The molecule has 0 aromatic rings. The van der Waals surface area contributed by atoms with Crippen LogP contribution in [0.2, 0.25) is 0 Å². The SMILES string of the molecule is SCCC(S)CC(CC(S)CCS)(CC(S)CCS)CC(S)CCS. The first-order chi connectivity index (χ1) is 11.8. The third kappa shape index (κ3) is 13.6. The molecule has 0 aliphatic carbocycles. The Bertz CT molecular complexity index is 254. The normalized spacial score (nSPS) is 19.2. The molecule has 8 heteroatoms. The van der Waals surface area contributed by atoms with Crippen molar-refractivity contribution in [3.63, 3.8) is 0 Å². The number of rotatable bonds is 16. The van der Waals surface area contributed by atoms with Crippen LogP contribution in [-0.2, 0) is 0 Å². The van der Waals surface area contributed by atoms with Crippen molar-refractivity contribution in [2.75, 3.05) is 23.0 Å². The summed E-state index contributed by atoms with van der Waals surface area (Å²) < 4.78 is 0. The van der Waals surface area contributed by atoms with E-state index < -0.39 is 0 Å². The fourth-order valence-electron chi connectivity index (χ4n) is 3.50. The monoisotopic (exact) mass is 496 g/mol. The van der Waals surface area contributed by atoms with Gasteiger partial charge in [0.05, 0.1) is 0 Å². The van der Waals surface area contributed by atoms with Crippen molar-refractivity contribution in [3.05, 3.63) is 0 Å². The van der Waals surface area contributed by atoms with Crippen LogP contribution in [0.15, 0.2) is 0 Å². The van der Waals surface area contributed by atoms with Crippen molar-refractivity contribution in [3.8, 4) is 0 Å². The first kappa shape index (κ1) is 27.8. The average Bonchev–Trinajstić information content (AvgIpc) is 2.47. The highest BCUT2D eigenvalue weighted by Crippen LogP contribution is 2.45. The maximum Gasteiger partial charge on any atom is 0.00298 e. The van der Waals surface area contributed by atoms with Crippen LogP contribution in [0.1, 0.15) is 51.4 Å². The van der Waals surface area contributed by atoms with Gasteiger partial charge in [-0.05, 0) is 79.8 Å². The lowest BCUT2D eigenvalue weighted by atomic mass is 9.70. The number of hydrogen-bond donors (Lipinski definition) is 8. The lowest BCUT2D eigenvalue weighted by molar-refractivity contribution is 0.190. The molecule has 4 atom stereocenters. The third-order valence-corrected chi connectivity index (χ3v) is 7.32. The van der Waals surface area contributed by atoms with Crippen molar-refractivity contribution in [2.24, 2.45) is 5.41 Å². The summed E-state index contributed by atoms with van der Waals surface area (Å²) in [5, 5.41) is 1.40. The van der Waals surface area contributed by atoms with Gasteiger partial charge in [-0.1, -0.05) is 0 Å². The Morgan fingerprint density at radius 3 is 0.800 bits per heavy atom. The van der Waals surface area contributed by atoms with E-state index in [1.54, 1.807) is 0 Å². The predicted molar refractivity (Wildman–Crippen MR) is 146 cm³/mol. The van der Waals surface area contributed by atoms with Crippen molar-refractivity contribution in [2.45, 2.75) is 72.4 Å². The Morgan fingerprint density at radius 2 is 0.640 bits per heavy atom. The Hall–Kier alpha value is 2.80. The van der Waals surface area contributed by atoms with Crippen LogP contribution in [0, 0.1) is 5.41 Å². The van der Waals surface area contributed by atoms with Crippen LogP contribution < -0.4 is 0 Å². The molecule has 0 saturated heterocycles. The molecule has 0 fully saturated rings. The van der Waals surface area contributed by atoms with Crippen molar-refractivity contribution in [1.29, 1.82) is 0 Å². The number of hydrogen-bond acceptors (Lipinski definition) is 8. The van der Waals surface area contributed by atoms with Crippen LogP contribution in [0.3, 0.4) is 0 Å². The standard InChI is InChI=1S/C17H36S8/c18-5-1-13(22)9-17(10-14(23)2-6-19,11-15(24)3-7-20)12-16(25)4-8-21/h13-16,18-25H,1-12H2. The van der Waals surface area contributed by atoms with E-state index in [1.165, 1.54) is 0 Å². The molecule has 0 aromatic carbocycles. The minimum Gasteiger partial charge on any atom is -0.179 e. The molecule has 0 aliphatic heterocycles. The van der Waals surface area contributed by atoms with Gasteiger partial charge in [-0.15, -0.1) is 0 Å². The van der Waals surface area contributed by atoms with E-state index in [2.05, 4.69) is 50.5 Å². The molecule has 0 radical (unpaired) electrons. The van der Waals surface area contributed by atoms with Crippen LogP contribution in [-0.4, -0.2) is 44.0 Å². The zero-order valence-corrected chi connectivity index (χ0v) is 22.0. The highest BCUT2D eigenvalue weighted by Gasteiger charge is 2.36. The molecule has 0 N–H and O–H groups in total. The zero-order chi connectivity index (χ0) is 19.3. The lowest BCUT2D eigenvalue weighted by Crippen LogP contribution is -2.34. The quantitative estimate of drug-likeness (QED) is 0.118. The van der Waals surface area contributed by atoms with Gasteiger partial charge >= 0.3 is 0 Å². The summed E-state index contributed by atoms with van der Waals surface area (Å²) >= 11 is 37.0. The summed E-state index contributed by atoms with van der Waals surface area (Å²) in [6, 6.07) is 0. The topological polar surface area (TPSA) is 0 Å². The molecule has 0 heterocycles. The molecular formula is C17H36S8. The van der Waals surface area contributed by atoms with Gasteiger partial charge in [0.1, 0.15) is 0 Å². The molecule has 0 rings (SSSR count). The van der Waals surface area contributed by atoms with Crippen LogP contribution in [0.25, 0.3) is 0 Å². The second kappa shape index (κ2) is 16.6. The molecule has 0 spiro atoms. The summed E-state index contributed by atoms with van der Waals surface area (Å²) in [6.07, 6.45) is 8.33. The molecule has 0 nitrogen and oxygen atoms in total. The minimum absolute atomic E-state index is 0.148. The lowest BCUT2D eigenvalue weighted by Gasteiger charge is -2.41. The Morgan fingerprint density at radius 1 is 0.440 bits per heavy atom. The second-order valence-electron chi connectivity index (χ2n) is 6.98. The fraction of sp³-hybridized carbons (Fsp3) is 1.00. The van der Waals surface area contributed by atoms with E-state index in [4.69, 9.17) is 50.5 Å². The minimum atomic E-state index is 0.148. The van der Waals surface area contributed by atoms with Crippen LogP contribution >= 0.6 is 101 Å². The highest BCUT2D eigenvalue weighted by molar-refractivity contribution is 7.82. The van der Waals surface area contributed by atoms with Gasteiger partial charge in [0.15, 0.2) is 0 Å². The first-order valence-electron chi connectivity index (χ1n) is 8.98. The van der Waals surface area contributed by atoms with E-state index in [0.29, 0.717) is 21.0 Å². The zero-order valence-electron chi connectivity index (χ0n) is 14.9. The summed E-state index contributed by atoms with van der Waals surface area (Å²) in [7, 11) is 0. The summed E-state index contributed by atoms with van der Waals surface area (Å²) in [6.45, 7) is 0. The van der Waals surface area contributed by atoms with Gasteiger partial charge in [0.25, 0.3) is 0 Å². The van der Waals surface area contributed by atoms with Crippen molar-refractivity contribution in [1.82, 2.24) is 0 Å². The summed E-state index contributed by atoms with van der Waals surface area (Å²) in [4.78, 5) is 0. The maximum atomic E-state index is 4.86. The summed E-state index contributed by atoms with van der Waals surface area (Å²) in [5.41, 5.74) is 0.148. The molecule has 152 valence electrons. The van der Waals surface area contributed by atoms with Crippen molar-refractivity contribution >= 4 is 101 Å². The van der Waals surface area contributed by atoms with E-state index in [9.17, 15) is 0 Å². The van der Waals surface area contributed by atoms with E-state index >= 15 is 0 Å².